The third kappa shape index (κ3) is 5.04. The van der Waals surface area contributed by atoms with E-state index in [1.807, 2.05) is 30.3 Å². The predicted octanol–water partition coefficient (Wildman–Crippen LogP) is 1.98. The zero-order valence-corrected chi connectivity index (χ0v) is 12.6. The van der Waals surface area contributed by atoms with E-state index in [9.17, 15) is 9.90 Å². The van der Waals surface area contributed by atoms with Gasteiger partial charge in [-0.25, -0.2) is 4.98 Å². The molecule has 2 aromatic rings. The minimum Gasteiger partial charge on any atom is -0.389 e. The molecule has 1 aromatic carbocycles. The van der Waals surface area contributed by atoms with Gasteiger partial charge in [0.2, 0.25) is 0 Å². The van der Waals surface area contributed by atoms with E-state index in [1.165, 1.54) is 0 Å². The highest BCUT2D eigenvalue weighted by Gasteiger charge is 2.15. The maximum atomic E-state index is 11.9. The van der Waals surface area contributed by atoms with E-state index in [4.69, 9.17) is 0 Å². The van der Waals surface area contributed by atoms with Gasteiger partial charge in [0.05, 0.1) is 5.60 Å². The summed E-state index contributed by atoms with van der Waals surface area (Å²) in [6.45, 7) is 3.43. The van der Waals surface area contributed by atoms with Crippen molar-refractivity contribution >= 4 is 5.91 Å². The molecule has 0 fully saturated rings. The number of nitrogens with zero attached hydrogens (tertiary/aromatic N) is 1. The van der Waals surface area contributed by atoms with Crippen LogP contribution < -0.4 is 5.32 Å². The summed E-state index contributed by atoms with van der Waals surface area (Å²) < 4.78 is 0. The predicted molar refractivity (Wildman–Crippen MR) is 85.3 cm³/mol. The zero-order chi connectivity index (χ0) is 16.0. The van der Waals surface area contributed by atoms with Gasteiger partial charge in [-0.2, -0.15) is 0 Å². The van der Waals surface area contributed by atoms with Crippen LogP contribution in [0.25, 0.3) is 0 Å². The van der Waals surface area contributed by atoms with E-state index in [0.29, 0.717) is 5.69 Å². The Kier molecular flexibility index (Phi) is 4.92. The van der Waals surface area contributed by atoms with Crippen molar-refractivity contribution in [2.45, 2.75) is 19.4 Å². The number of aliphatic hydroxyl groups is 1. The van der Waals surface area contributed by atoms with E-state index >= 15 is 0 Å². The molecule has 4 nitrogen and oxygen atoms in total. The van der Waals surface area contributed by atoms with Crippen molar-refractivity contribution in [1.82, 2.24) is 10.3 Å². The number of benzene rings is 1. The summed E-state index contributed by atoms with van der Waals surface area (Å²) in [7, 11) is 0. The van der Waals surface area contributed by atoms with Crippen LogP contribution in [0.1, 0.15) is 35.5 Å². The summed E-state index contributed by atoms with van der Waals surface area (Å²) in [6.07, 6.45) is 1.56. The summed E-state index contributed by atoms with van der Waals surface area (Å²) in [6, 6.07) is 13.0. The van der Waals surface area contributed by atoms with E-state index in [-0.39, 0.29) is 12.5 Å². The molecule has 0 saturated carbocycles. The third-order valence-corrected chi connectivity index (χ3v) is 2.80. The zero-order valence-electron chi connectivity index (χ0n) is 12.6. The lowest BCUT2D eigenvalue weighted by molar-refractivity contribution is 0.0692. The number of hydrogen-bond acceptors (Lipinski definition) is 3. The second kappa shape index (κ2) is 6.88. The number of rotatable bonds is 3. The van der Waals surface area contributed by atoms with Crippen molar-refractivity contribution in [3.8, 4) is 11.8 Å². The molecule has 4 heteroatoms. The molecular formula is C18H18N2O2. The van der Waals surface area contributed by atoms with Gasteiger partial charge in [0.15, 0.2) is 0 Å². The van der Waals surface area contributed by atoms with Crippen molar-refractivity contribution in [3.63, 3.8) is 0 Å². The Morgan fingerprint density at radius 3 is 2.41 bits per heavy atom. The fourth-order valence-corrected chi connectivity index (χ4v) is 1.66. The van der Waals surface area contributed by atoms with Crippen molar-refractivity contribution < 1.29 is 9.90 Å². The van der Waals surface area contributed by atoms with E-state index in [2.05, 4.69) is 22.1 Å². The monoisotopic (exact) mass is 294 g/mol. The SMILES string of the molecule is CC(C)(O)CNC(=O)c1ccc(C#Cc2ccccc2)cn1. The molecule has 0 aliphatic rings. The Balaban J connectivity index is 2.02. The van der Waals surface area contributed by atoms with Crippen LogP contribution in [0.2, 0.25) is 0 Å². The van der Waals surface area contributed by atoms with Crippen LogP contribution in [-0.4, -0.2) is 28.1 Å². The van der Waals surface area contributed by atoms with Crippen molar-refractivity contribution in [2.75, 3.05) is 6.54 Å². The fourth-order valence-electron chi connectivity index (χ4n) is 1.66. The number of hydrogen-bond donors (Lipinski definition) is 2. The second-order valence-corrected chi connectivity index (χ2v) is 5.54. The largest absolute Gasteiger partial charge is 0.389 e. The summed E-state index contributed by atoms with van der Waals surface area (Å²) in [5, 5.41) is 12.2. The van der Waals surface area contributed by atoms with Gasteiger partial charge in [0.1, 0.15) is 5.69 Å². The molecule has 0 saturated heterocycles. The van der Waals surface area contributed by atoms with E-state index in [1.54, 1.807) is 32.2 Å². The Bertz CT molecular complexity index is 690. The number of aromatic nitrogens is 1. The van der Waals surface area contributed by atoms with Crippen molar-refractivity contribution in [1.29, 1.82) is 0 Å². The van der Waals surface area contributed by atoms with Gasteiger partial charge in [-0.3, -0.25) is 4.79 Å². The molecular weight excluding hydrogens is 276 g/mol. The smallest absolute Gasteiger partial charge is 0.269 e. The molecule has 1 heterocycles. The van der Waals surface area contributed by atoms with Gasteiger partial charge in [-0.1, -0.05) is 30.0 Å². The maximum absolute atomic E-state index is 11.9. The lowest BCUT2D eigenvalue weighted by Crippen LogP contribution is -2.38. The molecule has 2 rings (SSSR count). The van der Waals surface area contributed by atoms with Crippen LogP contribution in [-0.2, 0) is 0 Å². The second-order valence-electron chi connectivity index (χ2n) is 5.54. The summed E-state index contributed by atoms with van der Waals surface area (Å²) >= 11 is 0. The number of pyridine rings is 1. The first-order valence-corrected chi connectivity index (χ1v) is 6.98. The molecule has 1 amide bonds. The van der Waals surface area contributed by atoms with Gasteiger partial charge in [-0.05, 0) is 38.1 Å². The highest BCUT2D eigenvalue weighted by molar-refractivity contribution is 5.92. The molecule has 22 heavy (non-hydrogen) atoms. The Morgan fingerprint density at radius 2 is 1.82 bits per heavy atom. The first kappa shape index (κ1) is 15.7. The first-order valence-electron chi connectivity index (χ1n) is 6.98. The van der Waals surface area contributed by atoms with Gasteiger partial charge in [0.25, 0.3) is 5.91 Å². The summed E-state index contributed by atoms with van der Waals surface area (Å²) in [4.78, 5) is 16.0. The van der Waals surface area contributed by atoms with Crippen LogP contribution in [0.15, 0.2) is 48.7 Å². The summed E-state index contributed by atoms with van der Waals surface area (Å²) in [5.41, 5.74) is 1.02. The summed E-state index contributed by atoms with van der Waals surface area (Å²) in [5.74, 6) is 5.72. The Morgan fingerprint density at radius 1 is 1.14 bits per heavy atom. The Hall–Kier alpha value is -2.64. The van der Waals surface area contributed by atoms with Crippen LogP contribution >= 0.6 is 0 Å². The molecule has 0 aliphatic heterocycles. The average Bonchev–Trinajstić information content (AvgIpc) is 2.51. The fraction of sp³-hybridized carbons (Fsp3) is 0.222. The molecule has 0 unspecified atom stereocenters. The highest BCUT2D eigenvalue weighted by Crippen LogP contribution is 2.02. The normalized spacial score (nSPS) is 10.5. The number of carbonyl (C=O) groups is 1. The van der Waals surface area contributed by atoms with Gasteiger partial charge < -0.3 is 10.4 Å². The topological polar surface area (TPSA) is 62.2 Å². The molecule has 0 atom stereocenters. The third-order valence-electron chi connectivity index (χ3n) is 2.80. The van der Waals surface area contributed by atoms with Crippen LogP contribution in [0.3, 0.4) is 0 Å². The van der Waals surface area contributed by atoms with Gasteiger partial charge in [-0.15, -0.1) is 0 Å². The molecule has 0 aliphatic carbocycles. The number of nitrogens with one attached hydrogen (secondary N) is 1. The van der Waals surface area contributed by atoms with Crippen LogP contribution in [0.5, 0.6) is 0 Å². The van der Waals surface area contributed by atoms with Crippen LogP contribution in [0, 0.1) is 11.8 Å². The quantitative estimate of drug-likeness (QED) is 0.851. The minimum absolute atomic E-state index is 0.170. The first-order chi connectivity index (χ1) is 10.4. The van der Waals surface area contributed by atoms with E-state index < -0.39 is 5.60 Å². The van der Waals surface area contributed by atoms with Crippen LogP contribution in [0.4, 0.5) is 0 Å². The van der Waals surface area contributed by atoms with Crippen molar-refractivity contribution in [2.24, 2.45) is 0 Å². The molecule has 2 N–H and O–H groups in total. The van der Waals surface area contributed by atoms with E-state index in [0.717, 1.165) is 11.1 Å². The minimum atomic E-state index is -0.948. The number of amides is 1. The standard InChI is InChI=1S/C18H18N2O2/c1-18(2,22)13-20-17(21)16-11-10-15(12-19-16)9-8-14-6-4-3-5-7-14/h3-7,10-12,22H,13H2,1-2H3,(H,20,21). The average molecular weight is 294 g/mol. The molecule has 1 aromatic heterocycles. The lowest BCUT2D eigenvalue weighted by Gasteiger charge is -2.17. The van der Waals surface area contributed by atoms with Gasteiger partial charge >= 0.3 is 0 Å². The highest BCUT2D eigenvalue weighted by atomic mass is 16.3. The molecule has 0 spiro atoms. The molecule has 0 bridgehead atoms. The van der Waals surface area contributed by atoms with Gasteiger partial charge in [0, 0.05) is 23.9 Å². The molecule has 0 radical (unpaired) electrons. The molecule has 112 valence electrons. The Labute approximate surface area is 130 Å². The lowest BCUT2D eigenvalue weighted by atomic mass is 10.1. The number of carbonyl (C=O) groups excluding carboxylic acids is 1. The maximum Gasteiger partial charge on any atom is 0.269 e. The van der Waals surface area contributed by atoms with Crippen molar-refractivity contribution in [3.05, 3.63) is 65.5 Å².